The van der Waals surface area contributed by atoms with E-state index in [0.717, 1.165) is 11.8 Å². The van der Waals surface area contributed by atoms with Crippen LogP contribution >= 0.6 is 11.6 Å². The van der Waals surface area contributed by atoms with Crippen molar-refractivity contribution in [3.05, 3.63) is 71.1 Å². The van der Waals surface area contributed by atoms with E-state index in [1.807, 2.05) is 0 Å². The quantitative estimate of drug-likeness (QED) is 0.615. The van der Waals surface area contributed by atoms with E-state index < -0.39 is 17.6 Å². The fourth-order valence-electron chi connectivity index (χ4n) is 2.40. The molecule has 1 aromatic carbocycles. The average molecular weight is 411 g/mol. The molecule has 0 aliphatic rings. The maximum Gasteiger partial charge on any atom is 0.417 e. The van der Waals surface area contributed by atoms with Crippen LogP contribution in [0.2, 0.25) is 5.02 Å². The number of rotatable bonds is 5. The number of nitrogens with one attached hydrogen (secondary N) is 2. The van der Waals surface area contributed by atoms with E-state index >= 15 is 0 Å². The van der Waals surface area contributed by atoms with E-state index in [1.54, 1.807) is 54.3 Å². The number of benzene rings is 1. The summed E-state index contributed by atoms with van der Waals surface area (Å²) >= 11 is 5.81. The molecule has 3 rings (SSSR count). The zero-order valence-electron chi connectivity index (χ0n) is 14.4. The van der Waals surface area contributed by atoms with E-state index in [4.69, 9.17) is 16.3 Å². The van der Waals surface area contributed by atoms with Gasteiger partial charge < -0.3 is 9.30 Å². The van der Waals surface area contributed by atoms with Crippen LogP contribution in [-0.4, -0.2) is 22.6 Å². The maximum absolute atomic E-state index is 12.7. The van der Waals surface area contributed by atoms with Gasteiger partial charge in [-0.15, -0.1) is 0 Å². The number of nitrogens with zero attached hydrogens (tertiary/aromatic N) is 2. The highest BCUT2D eigenvalue weighted by Gasteiger charge is 2.31. The van der Waals surface area contributed by atoms with Crippen LogP contribution in [0.15, 0.2) is 54.9 Å². The minimum absolute atomic E-state index is 0.106. The molecule has 6 nitrogen and oxygen atoms in total. The lowest BCUT2D eigenvalue weighted by Crippen LogP contribution is -2.31. The molecule has 0 aliphatic heterocycles. The number of alkyl halides is 3. The first-order valence-electron chi connectivity index (χ1n) is 7.90. The van der Waals surface area contributed by atoms with E-state index in [1.165, 1.54) is 0 Å². The summed E-state index contributed by atoms with van der Waals surface area (Å²) in [5.41, 5.74) is 4.84. The molecule has 0 bridgehead atoms. The van der Waals surface area contributed by atoms with E-state index in [-0.39, 0.29) is 10.8 Å². The zero-order chi connectivity index (χ0) is 20.3. The Bertz CT molecular complexity index is 987. The number of carbonyl (C=O) groups is 1. The Labute approximate surface area is 162 Å². The molecule has 0 spiro atoms. The van der Waals surface area contributed by atoms with Crippen molar-refractivity contribution >= 4 is 23.3 Å². The highest BCUT2D eigenvalue weighted by molar-refractivity contribution is 6.33. The molecule has 3 aromatic rings. The third kappa shape index (κ3) is 4.20. The molecule has 0 unspecified atom stereocenters. The van der Waals surface area contributed by atoms with Gasteiger partial charge in [-0.2, -0.15) is 13.2 Å². The molecule has 0 saturated heterocycles. The van der Waals surface area contributed by atoms with Crippen molar-refractivity contribution in [2.45, 2.75) is 6.18 Å². The molecule has 0 aliphatic carbocycles. The van der Waals surface area contributed by atoms with Gasteiger partial charge >= 0.3 is 6.18 Å². The van der Waals surface area contributed by atoms with Crippen LogP contribution in [-0.2, 0) is 6.18 Å². The van der Waals surface area contributed by atoms with Gasteiger partial charge in [-0.3, -0.25) is 15.6 Å². The number of amides is 1. The molecule has 2 N–H and O–H groups in total. The Morgan fingerprint density at radius 2 is 1.93 bits per heavy atom. The first-order chi connectivity index (χ1) is 13.3. The number of hydrogen-bond donors (Lipinski definition) is 2. The molecule has 0 saturated carbocycles. The van der Waals surface area contributed by atoms with Gasteiger partial charge in [0, 0.05) is 18.1 Å². The average Bonchev–Trinajstić information content (AvgIpc) is 3.16. The van der Waals surface area contributed by atoms with Crippen molar-refractivity contribution in [3.63, 3.8) is 0 Å². The van der Waals surface area contributed by atoms with E-state index in [0.29, 0.717) is 17.6 Å². The summed E-state index contributed by atoms with van der Waals surface area (Å²) in [6, 6.07) is 11.0. The molecule has 1 amide bonds. The predicted molar refractivity (Wildman–Crippen MR) is 97.7 cm³/mol. The summed E-state index contributed by atoms with van der Waals surface area (Å²) in [5.74, 6) is 0.0377. The second kappa shape index (κ2) is 7.81. The van der Waals surface area contributed by atoms with Crippen molar-refractivity contribution in [1.82, 2.24) is 15.0 Å². The van der Waals surface area contributed by atoms with Crippen molar-refractivity contribution < 1.29 is 22.7 Å². The van der Waals surface area contributed by atoms with E-state index in [9.17, 15) is 18.0 Å². The van der Waals surface area contributed by atoms with Crippen LogP contribution < -0.4 is 15.6 Å². The van der Waals surface area contributed by atoms with Crippen molar-refractivity contribution in [2.75, 3.05) is 12.5 Å². The summed E-state index contributed by atoms with van der Waals surface area (Å²) in [7, 11) is 1.55. The summed E-state index contributed by atoms with van der Waals surface area (Å²) < 4.78 is 44.7. The zero-order valence-corrected chi connectivity index (χ0v) is 15.2. The number of hydrazine groups is 1. The van der Waals surface area contributed by atoms with Gasteiger partial charge in [-0.05, 0) is 42.5 Å². The summed E-state index contributed by atoms with van der Waals surface area (Å²) in [5, 5.41) is -0.277. The van der Waals surface area contributed by atoms with Gasteiger partial charge in [0.1, 0.15) is 11.4 Å². The summed E-state index contributed by atoms with van der Waals surface area (Å²) in [6.45, 7) is 0. The van der Waals surface area contributed by atoms with Gasteiger partial charge in [0.05, 0.1) is 17.7 Å². The highest BCUT2D eigenvalue weighted by Crippen LogP contribution is 2.32. The first kappa shape index (κ1) is 19.6. The smallest absolute Gasteiger partial charge is 0.417 e. The summed E-state index contributed by atoms with van der Waals surface area (Å²) in [6.07, 6.45) is -2.24. The minimum Gasteiger partial charge on any atom is -0.497 e. The van der Waals surface area contributed by atoms with E-state index in [2.05, 4.69) is 15.8 Å². The van der Waals surface area contributed by atoms with Crippen LogP contribution in [0.1, 0.15) is 16.1 Å². The third-order valence-corrected chi connectivity index (χ3v) is 4.08. The normalized spacial score (nSPS) is 11.2. The number of aromatic nitrogens is 2. The van der Waals surface area contributed by atoms with Gasteiger partial charge in [0.15, 0.2) is 5.82 Å². The molecule has 0 fully saturated rings. The summed E-state index contributed by atoms with van der Waals surface area (Å²) in [4.78, 5) is 16.1. The molecule has 0 radical (unpaired) electrons. The molecule has 28 heavy (non-hydrogen) atoms. The van der Waals surface area contributed by atoms with Crippen molar-refractivity contribution in [2.24, 2.45) is 0 Å². The van der Waals surface area contributed by atoms with Crippen LogP contribution in [0.5, 0.6) is 5.75 Å². The Hall–Kier alpha value is -3.20. The Kier molecular flexibility index (Phi) is 5.46. The monoisotopic (exact) mass is 410 g/mol. The first-order valence-corrected chi connectivity index (χ1v) is 8.28. The molecule has 2 aromatic heterocycles. The number of methoxy groups -OCH3 is 1. The van der Waals surface area contributed by atoms with Crippen LogP contribution in [0.25, 0.3) is 5.69 Å². The van der Waals surface area contributed by atoms with Crippen molar-refractivity contribution in [3.8, 4) is 11.4 Å². The second-order valence-corrected chi connectivity index (χ2v) is 6.00. The largest absolute Gasteiger partial charge is 0.497 e. The Morgan fingerprint density at radius 3 is 2.54 bits per heavy atom. The predicted octanol–water partition coefficient (Wildman–Crippen LogP) is 4.31. The number of carbonyl (C=O) groups excluding carboxylic acids is 1. The Morgan fingerprint density at radius 1 is 1.21 bits per heavy atom. The third-order valence-electron chi connectivity index (χ3n) is 3.79. The molecular weight excluding hydrogens is 397 g/mol. The van der Waals surface area contributed by atoms with Gasteiger partial charge in [0.25, 0.3) is 5.91 Å². The maximum atomic E-state index is 12.7. The number of pyridine rings is 1. The van der Waals surface area contributed by atoms with Gasteiger partial charge in [-0.25, -0.2) is 4.98 Å². The van der Waals surface area contributed by atoms with Gasteiger partial charge in [-0.1, -0.05) is 11.6 Å². The van der Waals surface area contributed by atoms with Crippen LogP contribution in [0, 0.1) is 0 Å². The van der Waals surface area contributed by atoms with Crippen molar-refractivity contribution in [1.29, 1.82) is 0 Å². The highest BCUT2D eigenvalue weighted by atomic mass is 35.5. The number of ether oxygens (including phenoxy) is 1. The lowest BCUT2D eigenvalue weighted by Gasteiger charge is -2.13. The SMILES string of the molecule is COc1ccc(-n2cccc2C(=O)NNc2ncc(C(F)(F)F)cc2Cl)cc1. The van der Waals surface area contributed by atoms with Crippen LogP contribution in [0.3, 0.4) is 0 Å². The number of hydrogen-bond acceptors (Lipinski definition) is 4. The lowest BCUT2D eigenvalue weighted by molar-refractivity contribution is -0.137. The van der Waals surface area contributed by atoms with Gasteiger partial charge in [0.2, 0.25) is 0 Å². The fraction of sp³-hybridized carbons (Fsp3) is 0.111. The standard InChI is InChI=1S/C18H14ClF3N4O2/c1-28-13-6-4-12(5-7-13)26-8-2-3-15(26)17(27)25-24-16-14(19)9-11(10-23-16)18(20,21)22/h2-10H,1H3,(H,23,24)(H,25,27). The number of anilines is 1. The molecule has 10 heteroatoms. The lowest BCUT2D eigenvalue weighted by atomic mass is 10.3. The second-order valence-electron chi connectivity index (χ2n) is 5.59. The topological polar surface area (TPSA) is 68.2 Å². The fourth-order valence-corrected chi connectivity index (χ4v) is 2.61. The van der Waals surface area contributed by atoms with Crippen LogP contribution in [0.4, 0.5) is 19.0 Å². The molecular formula is C18H14ClF3N4O2. The Balaban J connectivity index is 1.73. The molecule has 146 valence electrons. The molecule has 2 heterocycles. The molecule has 0 atom stereocenters. The number of halogens is 4. The minimum atomic E-state index is -4.56.